The summed E-state index contributed by atoms with van der Waals surface area (Å²) in [5.74, 6) is 0.939. The Kier molecular flexibility index (Phi) is 4.17. The van der Waals surface area contributed by atoms with E-state index in [2.05, 4.69) is 16.5 Å². The molecule has 1 aromatic carbocycles. The van der Waals surface area contributed by atoms with Gasteiger partial charge < -0.3 is 14.6 Å². The van der Waals surface area contributed by atoms with Gasteiger partial charge in [0.2, 0.25) is 0 Å². The summed E-state index contributed by atoms with van der Waals surface area (Å²) in [7, 11) is 0. The smallest absolute Gasteiger partial charge is 0.414 e. The highest BCUT2D eigenvalue weighted by Crippen LogP contribution is 2.35. The average Bonchev–Trinajstić information content (AvgIpc) is 3.15. The number of cyclic esters (lactones) is 1. The third kappa shape index (κ3) is 3.11. The summed E-state index contributed by atoms with van der Waals surface area (Å²) in [6.45, 7) is 2.87. The standard InChI is InChI=1S/C18H19N3O3S/c1-11(25)19-8-14-10-21(18(22)23-14)13-5-6-15-12(7-13)3-2-4-17-16(15)9-20-24-17/h5-7,9,14H,2-4,8,10H2,1H3,(H,19,25)/t14-/m0/s1. The molecule has 1 aromatic heterocycles. The number of ether oxygens (including phenoxy) is 1. The average molecular weight is 357 g/mol. The van der Waals surface area contributed by atoms with Crippen LogP contribution in [-0.2, 0) is 17.6 Å². The number of amides is 1. The number of hydrogen-bond donors (Lipinski definition) is 1. The second-order valence-electron chi connectivity index (χ2n) is 6.41. The van der Waals surface area contributed by atoms with E-state index in [0.29, 0.717) is 18.1 Å². The maximum Gasteiger partial charge on any atom is 0.414 e. The van der Waals surface area contributed by atoms with E-state index in [-0.39, 0.29) is 12.2 Å². The highest BCUT2D eigenvalue weighted by molar-refractivity contribution is 7.80. The lowest BCUT2D eigenvalue weighted by molar-refractivity contribution is 0.143. The molecule has 2 heterocycles. The van der Waals surface area contributed by atoms with E-state index in [9.17, 15) is 4.79 Å². The quantitative estimate of drug-likeness (QED) is 0.852. The van der Waals surface area contributed by atoms with Crippen molar-refractivity contribution in [3.63, 3.8) is 0 Å². The molecule has 0 bridgehead atoms. The van der Waals surface area contributed by atoms with Crippen LogP contribution in [0.25, 0.3) is 11.1 Å². The largest absolute Gasteiger partial charge is 0.442 e. The number of hydrogen-bond acceptors (Lipinski definition) is 5. The number of aromatic nitrogens is 1. The zero-order valence-electron chi connectivity index (χ0n) is 13.9. The van der Waals surface area contributed by atoms with Gasteiger partial charge in [-0.25, -0.2) is 4.79 Å². The summed E-state index contributed by atoms with van der Waals surface area (Å²) < 4.78 is 10.8. The van der Waals surface area contributed by atoms with Crippen molar-refractivity contribution in [2.45, 2.75) is 32.3 Å². The summed E-state index contributed by atoms with van der Waals surface area (Å²) in [5.41, 5.74) is 4.27. The molecule has 0 saturated carbocycles. The molecule has 7 heteroatoms. The van der Waals surface area contributed by atoms with Crippen LogP contribution in [0.3, 0.4) is 0 Å². The minimum Gasteiger partial charge on any atom is -0.442 e. The Balaban J connectivity index is 1.58. The number of fused-ring (bicyclic) bond motifs is 3. The molecule has 2 aliphatic rings. The fourth-order valence-corrected chi connectivity index (χ4v) is 3.50. The minimum atomic E-state index is -0.312. The number of rotatable bonds is 3. The van der Waals surface area contributed by atoms with Crippen LogP contribution < -0.4 is 10.2 Å². The van der Waals surface area contributed by atoms with Gasteiger partial charge in [0.1, 0.15) is 11.9 Å². The first-order valence-electron chi connectivity index (χ1n) is 8.41. The number of nitrogens with zero attached hydrogens (tertiary/aromatic N) is 2. The number of carbonyl (C=O) groups is 1. The molecule has 1 aliphatic heterocycles. The van der Waals surface area contributed by atoms with Crippen LogP contribution in [0.2, 0.25) is 0 Å². The molecule has 0 spiro atoms. The fourth-order valence-electron chi connectivity index (χ4n) is 3.42. The first-order chi connectivity index (χ1) is 12.1. The van der Waals surface area contributed by atoms with E-state index in [4.69, 9.17) is 21.5 Å². The number of carbonyl (C=O) groups excluding carboxylic acids is 1. The van der Waals surface area contributed by atoms with Gasteiger partial charge in [0.05, 0.1) is 24.3 Å². The molecular formula is C18H19N3O3S. The van der Waals surface area contributed by atoms with Crippen molar-refractivity contribution in [1.82, 2.24) is 10.5 Å². The second-order valence-corrected chi connectivity index (χ2v) is 7.02. The van der Waals surface area contributed by atoms with E-state index < -0.39 is 0 Å². The van der Waals surface area contributed by atoms with Crippen LogP contribution in [0.1, 0.15) is 24.7 Å². The second kappa shape index (κ2) is 6.48. The zero-order valence-corrected chi connectivity index (χ0v) is 14.8. The highest BCUT2D eigenvalue weighted by Gasteiger charge is 2.32. The monoisotopic (exact) mass is 357 g/mol. The van der Waals surface area contributed by atoms with Gasteiger partial charge in [-0.3, -0.25) is 4.90 Å². The van der Waals surface area contributed by atoms with Crippen molar-refractivity contribution >= 4 is 29.0 Å². The van der Waals surface area contributed by atoms with Crippen molar-refractivity contribution in [3.8, 4) is 11.1 Å². The van der Waals surface area contributed by atoms with Gasteiger partial charge in [-0.1, -0.05) is 23.4 Å². The molecule has 0 unspecified atom stereocenters. The molecule has 1 atom stereocenters. The van der Waals surface area contributed by atoms with Gasteiger partial charge in [-0.05, 0) is 43.0 Å². The lowest BCUT2D eigenvalue weighted by Gasteiger charge is -2.16. The molecular weight excluding hydrogens is 338 g/mol. The Morgan fingerprint density at radius 3 is 3.12 bits per heavy atom. The maximum absolute atomic E-state index is 12.2. The molecule has 1 N–H and O–H groups in total. The van der Waals surface area contributed by atoms with Crippen molar-refractivity contribution in [2.24, 2.45) is 0 Å². The normalized spacial score (nSPS) is 19.0. The van der Waals surface area contributed by atoms with Crippen molar-refractivity contribution < 1.29 is 14.1 Å². The predicted molar refractivity (Wildman–Crippen MR) is 97.9 cm³/mol. The molecule has 4 rings (SSSR count). The summed E-state index contributed by atoms with van der Waals surface area (Å²) in [6, 6.07) is 6.09. The van der Waals surface area contributed by atoms with Crippen LogP contribution in [0.5, 0.6) is 0 Å². The van der Waals surface area contributed by atoms with Crippen LogP contribution in [-0.4, -0.2) is 35.4 Å². The summed E-state index contributed by atoms with van der Waals surface area (Å²) in [6.07, 6.45) is 4.10. The topological polar surface area (TPSA) is 67.6 Å². The molecule has 1 aliphatic carbocycles. The minimum absolute atomic E-state index is 0.200. The number of anilines is 1. The van der Waals surface area contributed by atoms with Crippen molar-refractivity contribution in [2.75, 3.05) is 18.0 Å². The van der Waals surface area contributed by atoms with E-state index in [1.54, 1.807) is 11.1 Å². The maximum atomic E-state index is 12.2. The van der Waals surface area contributed by atoms with Crippen molar-refractivity contribution in [3.05, 3.63) is 35.7 Å². The third-order valence-electron chi connectivity index (χ3n) is 4.64. The molecule has 0 radical (unpaired) electrons. The van der Waals surface area contributed by atoms with Gasteiger partial charge in [0.25, 0.3) is 0 Å². The van der Waals surface area contributed by atoms with Gasteiger partial charge in [-0.15, -0.1) is 0 Å². The van der Waals surface area contributed by atoms with E-state index in [1.807, 2.05) is 19.1 Å². The van der Waals surface area contributed by atoms with Gasteiger partial charge >= 0.3 is 6.09 Å². The number of nitrogens with one attached hydrogen (secondary N) is 1. The Hall–Kier alpha value is -2.41. The van der Waals surface area contributed by atoms with Gasteiger partial charge in [-0.2, -0.15) is 0 Å². The van der Waals surface area contributed by atoms with Gasteiger partial charge in [0.15, 0.2) is 0 Å². The lowest BCUT2D eigenvalue weighted by atomic mass is 9.99. The number of benzene rings is 1. The van der Waals surface area contributed by atoms with Crippen LogP contribution in [0, 0.1) is 0 Å². The Morgan fingerprint density at radius 1 is 1.40 bits per heavy atom. The molecule has 6 nitrogen and oxygen atoms in total. The first-order valence-corrected chi connectivity index (χ1v) is 8.82. The van der Waals surface area contributed by atoms with Gasteiger partial charge in [0, 0.05) is 17.7 Å². The van der Waals surface area contributed by atoms with E-state index >= 15 is 0 Å². The molecule has 2 aromatic rings. The van der Waals surface area contributed by atoms with Crippen LogP contribution in [0.4, 0.5) is 10.5 Å². The molecule has 1 fully saturated rings. The molecule has 130 valence electrons. The highest BCUT2D eigenvalue weighted by atomic mass is 32.1. The van der Waals surface area contributed by atoms with E-state index in [1.165, 1.54) is 5.56 Å². The number of aryl methyl sites for hydroxylation is 2. The fraction of sp³-hybridized carbons (Fsp3) is 0.389. The summed E-state index contributed by atoms with van der Waals surface area (Å²) in [4.78, 5) is 14.6. The molecule has 1 amide bonds. The Morgan fingerprint density at radius 2 is 2.28 bits per heavy atom. The first kappa shape index (κ1) is 16.1. The zero-order chi connectivity index (χ0) is 17.4. The summed E-state index contributed by atoms with van der Waals surface area (Å²) in [5, 5.41) is 6.98. The van der Waals surface area contributed by atoms with Crippen LogP contribution in [0.15, 0.2) is 28.9 Å². The van der Waals surface area contributed by atoms with Crippen molar-refractivity contribution in [1.29, 1.82) is 0 Å². The molecule has 25 heavy (non-hydrogen) atoms. The Labute approximate surface area is 151 Å². The van der Waals surface area contributed by atoms with E-state index in [0.717, 1.165) is 41.8 Å². The molecule has 1 saturated heterocycles. The third-order valence-corrected chi connectivity index (χ3v) is 4.78. The Bertz CT molecular complexity index is 833. The van der Waals surface area contributed by atoms with Crippen LogP contribution >= 0.6 is 12.2 Å². The number of thiocarbonyl (C=S) groups is 1. The summed E-state index contributed by atoms with van der Waals surface area (Å²) >= 11 is 5.01. The lowest BCUT2D eigenvalue weighted by Crippen LogP contribution is -2.32. The SMILES string of the molecule is CC(=S)NC[C@H]1CN(c2ccc3c(c2)CCCc2oncc2-3)C(=O)O1. The predicted octanol–water partition coefficient (Wildman–Crippen LogP) is 3.09.